The zero-order chi connectivity index (χ0) is 30.3. The summed E-state index contributed by atoms with van der Waals surface area (Å²) in [6.45, 7) is 1.74. The monoisotopic (exact) mass is 625 g/mol. The number of fused-ring (bicyclic) bond motifs is 1. The quantitative estimate of drug-likeness (QED) is 0.207. The Labute approximate surface area is 257 Å². The molecule has 0 aromatic heterocycles. The summed E-state index contributed by atoms with van der Waals surface area (Å²) in [5.41, 5.74) is 1.67. The Hall–Kier alpha value is -3.59. The Bertz CT molecular complexity index is 1640. The fraction of sp³-hybridized carbons (Fsp3) is 0.250. The minimum absolute atomic E-state index is 0.0957. The van der Waals surface area contributed by atoms with E-state index < -0.39 is 28.5 Å². The topological polar surface area (TPSA) is 86.8 Å². The molecule has 42 heavy (non-hydrogen) atoms. The van der Waals surface area contributed by atoms with E-state index in [1.807, 2.05) is 67.6 Å². The van der Waals surface area contributed by atoms with Gasteiger partial charge in [-0.05, 0) is 35.6 Å². The Morgan fingerprint density at radius 2 is 1.48 bits per heavy atom. The molecule has 220 valence electrons. The lowest BCUT2D eigenvalue weighted by Gasteiger charge is -2.34. The molecule has 0 aliphatic rings. The molecule has 0 radical (unpaired) electrons. The SMILES string of the molecule is CCCNC(=O)[C@@H](Cc1ccccc1)N(Cc1c(Cl)cccc1Cl)C(=O)CN(c1cccc2ccccc12)S(C)(=O)=O. The summed E-state index contributed by atoms with van der Waals surface area (Å²) < 4.78 is 27.4. The van der Waals surface area contributed by atoms with Crippen molar-refractivity contribution < 1.29 is 18.0 Å². The van der Waals surface area contributed by atoms with Gasteiger partial charge in [0.1, 0.15) is 12.6 Å². The highest BCUT2D eigenvalue weighted by molar-refractivity contribution is 7.92. The van der Waals surface area contributed by atoms with E-state index in [1.165, 1.54) is 4.90 Å². The van der Waals surface area contributed by atoms with Gasteiger partial charge >= 0.3 is 0 Å². The molecule has 0 aliphatic heterocycles. The number of nitrogens with one attached hydrogen (secondary N) is 1. The predicted molar refractivity (Wildman–Crippen MR) is 170 cm³/mol. The largest absolute Gasteiger partial charge is 0.354 e. The van der Waals surface area contributed by atoms with Gasteiger partial charge in [0.15, 0.2) is 0 Å². The lowest BCUT2D eigenvalue weighted by Crippen LogP contribution is -2.53. The molecule has 0 bridgehead atoms. The summed E-state index contributed by atoms with van der Waals surface area (Å²) in [6.07, 6.45) is 1.97. The van der Waals surface area contributed by atoms with Crippen molar-refractivity contribution in [3.05, 3.63) is 112 Å². The van der Waals surface area contributed by atoms with Crippen molar-refractivity contribution in [3.63, 3.8) is 0 Å². The maximum atomic E-state index is 14.3. The summed E-state index contributed by atoms with van der Waals surface area (Å²) in [5.74, 6) is -0.926. The standard InChI is InChI=1S/C32H33Cl2N3O4S/c1-3-19-35-32(39)30(20-23-11-5-4-6-12-23)36(21-26-27(33)16-10-17-28(26)34)31(38)22-37(42(2,40)41)29-18-9-14-24-13-7-8-15-25(24)29/h4-18,30H,3,19-22H2,1-2H3,(H,35,39)/t30-/m1/s1. The number of hydrogen-bond acceptors (Lipinski definition) is 4. The van der Waals surface area contributed by atoms with E-state index in [1.54, 1.807) is 30.3 Å². The molecule has 0 aliphatic carbocycles. The Morgan fingerprint density at radius 3 is 2.14 bits per heavy atom. The van der Waals surface area contributed by atoms with Crippen LogP contribution in [0, 0.1) is 0 Å². The first-order valence-electron chi connectivity index (χ1n) is 13.6. The number of carbonyl (C=O) groups is 2. The minimum Gasteiger partial charge on any atom is -0.354 e. The zero-order valence-electron chi connectivity index (χ0n) is 23.5. The highest BCUT2D eigenvalue weighted by atomic mass is 35.5. The van der Waals surface area contributed by atoms with Crippen LogP contribution in [0.2, 0.25) is 10.0 Å². The highest BCUT2D eigenvalue weighted by Crippen LogP contribution is 2.30. The molecule has 0 heterocycles. The maximum Gasteiger partial charge on any atom is 0.244 e. The third kappa shape index (κ3) is 7.62. The van der Waals surface area contributed by atoms with Gasteiger partial charge in [0, 0.05) is 40.5 Å². The molecule has 4 rings (SSSR count). The Balaban J connectivity index is 1.81. The number of halogens is 2. The molecular formula is C32H33Cl2N3O4S. The molecule has 0 saturated carbocycles. The van der Waals surface area contributed by atoms with Crippen molar-refractivity contribution in [1.82, 2.24) is 10.2 Å². The highest BCUT2D eigenvalue weighted by Gasteiger charge is 2.34. The molecule has 0 unspecified atom stereocenters. The molecule has 0 saturated heterocycles. The Kier molecular flexibility index (Phi) is 10.5. The van der Waals surface area contributed by atoms with E-state index in [9.17, 15) is 18.0 Å². The van der Waals surface area contributed by atoms with Gasteiger partial charge in [-0.3, -0.25) is 13.9 Å². The fourth-order valence-electron chi connectivity index (χ4n) is 4.79. The van der Waals surface area contributed by atoms with Crippen LogP contribution in [0.3, 0.4) is 0 Å². The zero-order valence-corrected chi connectivity index (χ0v) is 25.8. The van der Waals surface area contributed by atoms with Gasteiger partial charge in [-0.25, -0.2) is 8.42 Å². The summed E-state index contributed by atoms with van der Waals surface area (Å²) in [6, 6.07) is 26.1. The Morgan fingerprint density at radius 1 is 0.857 bits per heavy atom. The third-order valence-electron chi connectivity index (χ3n) is 6.92. The first-order chi connectivity index (χ1) is 20.1. The van der Waals surface area contributed by atoms with Crippen molar-refractivity contribution in [2.24, 2.45) is 0 Å². The average molecular weight is 627 g/mol. The minimum atomic E-state index is -3.91. The first kappa shape index (κ1) is 31.3. The van der Waals surface area contributed by atoms with E-state index in [0.717, 1.165) is 21.5 Å². The molecule has 4 aromatic rings. The van der Waals surface area contributed by atoms with Crippen molar-refractivity contribution in [3.8, 4) is 0 Å². The second-order valence-corrected chi connectivity index (χ2v) is 12.7. The predicted octanol–water partition coefficient (Wildman–Crippen LogP) is 6.08. The number of sulfonamides is 1. The van der Waals surface area contributed by atoms with Gasteiger partial charge in [0.25, 0.3) is 0 Å². The number of rotatable bonds is 12. The van der Waals surface area contributed by atoms with Crippen LogP contribution in [-0.2, 0) is 32.6 Å². The number of nitrogens with zero attached hydrogens (tertiary/aromatic N) is 2. The van der Waals surface area contributed by atoms with Crippen LogP contribution in [-0.4, -0.2) is 50.5 Å². The van der Waals surface area contributed by atoms with Crippen molar-refractivity contribution in [1.29, 1.82) is 0 Å². The van der Waals surface area contributed by atoms with Crippen LogP contribution >= 0.6 is 23.2 Å². The maximum absolute atomic E-state index is 14.3. The normalized spacial score (nSPS) is 12.1. The number of hydrogen-bond donors (Lipinski definition) is 1. The third-order valence-corrected chi connectivity index (χ3v) is 8.76. The molecule has 1 atom stereocenters. The van der Waals surface area contributed by atoms with Crippen LogP contribution in [0.4, 0.5) is 5.69 Å². The first-order valence-corrected chi connectivity index (χ1v) is 16.2. The van der Waals surface area contributed by atoms with Crippen molar-refractivity contribution >= 4 is 61.5 Å². The van der Waals surface area contributed by atoms with E-state index in [-0.39, 0.29) is 18.9 Å². The van der Waals surface area contributed by atoms with Crippen molar-refractivity contribution in [2.45, 2.75) is 32.4 Å². The van der Waals surface area contributed by atoms with Gasteiger partial charge in [-0.15, -0.1) is 0 Å². The van der Waals surface area contributed by atoms with Gasteiger partial charge < -0.3 is 10.2 Å². The van der Waals surface area contributed by atoms with Crippen molar-refractivity contribution in [2.75, 3.05) is 23.7 Å². The second-order valence-electron chi connectivity index (χ2n) is 9.99. The molecular weight excluding hydrogens is 593 g/mol. The number of benzene rings is 4. The molecule has 4 aromatic carbocycles. The molecule has 10 heteroatoms. The molecule has 0 spiro atoms. The van der Waals surface area contributed by atoms with Crippen LogP contribution in [0.5, 0.6) is 0 Å². The number of anilines is 1. The summed E-state index contributed by atoms with van der Waals surface area (Å²) in [7, 11) is -3.91. The number of carbonyl (C=O) groups excluding carboxylic acids is 2. The van der Waals surface area contributed by atoms with E-state index in [0.29, 0.717) is 39.6 Å². The van der Waals surface area contributed by atoms with Gasteiger partial charge in [0.05, 0.1) is 11.9 Å². The second kappa shape index (κ2) is 14.1. The van der Waals surface area contributed by atoms with Gasteiger partial charge in [-0.2, -0.15) is 0 Å². The van der Waals surface area contributed by atoms with Gasteiger partial charge in [-0.1, -0.05) is 103 Å². The lowest BCUT2D eigenvalue weighted by atomic mass is 10.0. The summed E-state index contributed by atoms with van der Waals surface area (Å²) in [5, 5.41) is 5.09. The fourth-order valence-corrected chi connectivity index (χ4v) is 6.17. The van der Waals surface area contributed by atoms with Crippen LogP contribution < -0.4 is 9.62 Å². The molecule has 0 fully saturated rings. The van der Waals surface area contributed by atoms with Gasteiger partial charge in [0.2, 0.25) is 21.8 Å². The van der Waals surface area contributed by atoms with Crippen LogP contribution in [0.15, 0.2) is 91.0 Å². The average Bonchev–Trinajstić information content (AvgIpc) is 2.97. The van der Waals surface area contributed by atoms with E-state index in [2.05, 4.69) is 5.32 Å². The number of amides is 2. The van der Waals surface area contributed by atoms with Crippen LogP contribution in [0.1, 0.15) is 24.5 Å². The lowest BCUT2D eigenvalue weighted by molar-refractivity contribution is -0.140. The van der Waals surface area contributed by atoms with E-state index >= 15 is 0 Å². The summed E-state index contributed by atoms with van der Waals surface area (Å²) >= 11 is 13.0. The molecule has 2 amide bonds. The van der Waals surface area contributed by atoms with Crippen LogP contribution in [0.25, 0.3) is 10.8 Å². The van der Waals surface area contributed by atoms with E-state index in [4.69, 9.17) is 23.2 Å². The summed E-state index contributed by atoms with van der Waals surface area (Å²) in [4.78, 5) is 29.3. The smallest absolute Gasteiger partial charge is 0.244 e. The molecule has 7 nitrogen and oxygen atoms in total. The molecule has 1 N–H and O–H groups in total.